The van der Waals surface area contributed by atoms with Gasteiger partial charge in [0, 0.05) is 125 Å². The normalized spacial score (nSPS) is 14.7. The molecule has 3 aliphatic heterocycles. The van der Waals surface area contributed by atoms with Gasteiger partial charge in [0.05, 0.1) is 12.8 Å². The molecule has 0 aliphatic carbocycles. The molecule has 808 valence electrons. The average Bonchev–Trinajstić information content (AvgIpc) is 0.794. The highest BCUT2D eigenvalue weighted by molar-refractivity contribution is 6.78. The second kappa shape index (κ2) is 53.9. The predicted molar refractivity (Wildman–Crippen MR) is 644 cm³/mol. The zero-order valence-corrected chi connectivity index (χ0v) is 106. The molecule has 1 unspecified atom stereocenters. The van der Waals surface area contributed by atoms with E-state index in [2.05, 4.69) is 410 Å². The van der Waals surface area contributed by atoms with E-state index in [1.165, 1.54) is 29.7 Å². The summed E-state index contributed by atoms with van der Waals surface area (Å²) >= 11 is 0. The summed E-state index contributed by atoms with van der Waals surface area (Å²) in [5.74, 6) is 7.30. The Morgan fingerprint density at radius 2 is 0.604 bits per heavy atom. The first kappa shape index (κ1) is 128. The summed E-state index contributed by atoms with van der Waals surface area (Å²) in [6.07, 6.45) is 1.40. The number of rotatable bonds is 24. The summed E-state index contributed by atoms with van der Waals surface area (Å²) in [7, 11) is -12.6. The first-order valence-electron chi connectivity index (χ1n) is 52.3. The zero-order chi connectivity index (χ0) is 110. The Labute approximate surface area is 884 Å². The lowest BCUT2D eigenvalue weighted by molar-refractivity contribution is -0.142. The van der Waals surface area contributed by atoms with E-state index in [1.54, 1.807) is 0 Å². The number of aryl methyl sites for hydroxylation is 1. The standard InChI is InChI=1S/3C16H28N2OSi.C16H27NO3Si.C14H25NOSi.C13H23NOSi.2C12H21NOSi/c1-16(2,3)20(4,5)19-15-8-6-14(7-9-15)18-12-10-17-11-13-18;1-16(2,3)20(4,5)19-15-8-6-7-14(13-15)18-11-9-17-10-12-18;1-16(2,3)20(4,5)19-15-9-7-6-8-14(15)18-12-10-17-11-13-18;1-16(2,3)21(5,6)20-13-9-7-12(8-10-13)11-14(17)15(18)19-4;1-14(2,3)17(4,5)16-13-8-6-12(7-9-13)10-11-15;1-10-7-8-11(14)9-12(10)15-16(5,6)13(2,3)4;1-12(2,3)15(4,5)14-11-8-6-10(13)7-9-11;1-12(2,3)15(4,5)14-11-8-6-7-10(13)9-11/h6-9,17H,10-13H2,1-5H3;6-8,13,17H,9-12H2,1-5H3;6-9,17H,10-13H2,1-5H3;7-10,14H,11,17H2,1-6H3;6-9H,10-11,15H2,1-5H3;7-9H,14H2,1-6H3;2*6-9H,13H2,1-5H3. The van der Waals surface area contributed by atoms with Crippen molar-refractivity contribution in [2.45, 2.75) is 337 Å². The Morgan fingerprint density at radius 3 is 0.958 bits per heavy atom. The van der Waals surface area contributed by atoms with Crippen LogP contribution in [0.1, 0.15) is 183 Å². The number of methoxy groups -OCH3 is 1. The van der Waals surface area contributed by atoms with Crippen LogP contribution in [0, 0.1) is 6.92 Å². The van der Waals surface area contributed by atoms with Crippen molar-refractivity contribution in [3.8, 4) is 46.0 Å². The van der Waals surface area contributed by atoms with Crippen LogP contribution in [0.15, 0.2) is 188 Å². The minimum Gasteiger partial charge on any atom is -0.544 e. The third kappa shape index (κ3) is 42.2. The van der Waals surface area contributed by atoms with E-state index in [0.29, 0.717) is 13.0 Å². The molecule has 21 nitrogen and oxygen atoms in total. The van der Waals surface area contributed by atoms with E-state index in [9.17, 15) is 4.79 Å². The van der Waals surface area contributed by atoms with Gasteiger partial charge in [-0.25, -0.2) is 0 Å². The Bertz CT molecular complexity index is 5110. The molecule has 3 fully saturated rings. The Hall–Kier alpha value is -8.03. The van der Waals surface area contributed by atoms with Gasteiger partial charge in [-0.3, -0.25) is 4.79 Å². The van der Waals surface area contributed by atoms with Crippen molar-refractivity contribution < 1.29 is 44.9 Å². The van der Waals surface area contributed by atoms with E-state index >= 15 is 0 Å². The molecule has 0 saturated carbocycles. The van der Waals surface area contributed by atoms with Crippen LogP contribution in [0.25, 0.3) is 0 Å². The van der Waals surface area contributed by atoms with Gasteiger partial charge >= 0.3 is 5.97 Å². The topological polar surface area (TPSA) is 276 Å². The number of hydrogen-bond acceptors (Lipinski definition) is 21. The fraction of sp³-hybridized carbons (Fsp3) is 0.574. The number of carbonyl (C=O) groups is 1. The lowest BCUT2D eigenvalue weighted by atomic mass is 10.1. The minimum atomic E-state index is -1.82. The molecule has 0 radical (unpaired) electrons. The highest BCUT2D eigenvalue weighted by Gasteiger charge is 2.46. The summed E-state index contributed by atoms with van der Waals surface area (Å²) in [5, 5.41) is 11.9. The average molecular weight is 2120 g/mol. The molecule has 8 aromatic carbocycles. The number of para-hydroxylation sites is 2. The number of benzene rings is 8. The summed E-state index contributed by atoms with van der Waals surface area (Å²) in [6.45, 7) is 106. The van der Waals surface area contributed by atoms with Gasteiger partial charge in [-0.1, -0.05) is 221 Å². The molecular formula is C115H201N11O10Si8. The number of esters is 1. The van der Waals surface area contributed by atoms with Crippen molar-refractivity contribution in [2.24, 2.45) is 11.5 Å². The second-order valence-electron chi connectivity index (χ2n) is 50.9. The van der Waals surface area contributed by atoms with E-state index in [0.717, 1.165) is 159 Å². The number of piperazine rings is 3. The summed E-state index contributed by atoms with van der Waals surface area (Å²) in [5.41, 5.74) is 38.0. The molecule has 8 aromatic rings. The Kier molecular flexibility index (Phi) is 48.0. The van der Waals surface area contributed by atoms with Crippen molar-refractivity contribution in [2.75, 3.05) is 124 Å². The van der Waals surface area contributed by atoms with Gasteiger partial charge in [-0.15, -0.1) is 0 Å². The maximum absolute atomic E-state index is 11.3. The van der Waals surface area contributed by atoms with Crippen LogP contribution in [0.4, 0.5) is 34.1 Å². The van der Waals surface area contributed by atoms with Crippen LogP contribution in [-0.4, -0.2) is 171 Å². The third-order valence-electron chi connectivity index (χ3n) is 30.5. The molecule has 1 atom stereocenters. The monoisotopic (exact) mass is 2120 g/mol. The van der Waals surface area contributed by atoms with Crippen molar-refractivity contribution in [3.63, 3.8) is 0 Å². The maximum atomic E-state index is 11.3. The lowest BCUT2D eigenvalue weighted by Crippen LogP contribution is -2.46. The number of nitrogens with zero attached hydrogens (tertiary/aromatic N) is 3. The van der Waals surface area contributed by atoms with Crippen molar-refractivity contribution in [3.05, 3.63) is 205 Å². The van der Waals surface area contributed by atoms with E-state index in [1.807, 2.05) is 91.0 Å². The molecule has 0 aromatic heterocycles. The highest BCUT2D eigenvalue weighted by Crippen LogP contribution is 2.46. The minimum absolute atomic E-state index is 0.166. The Morgan fingerprint density at radius 1 is 0.312 bits per heavy atom. The van der Waals surface area contributed by atoms with Gasteiger partial charge in [-0.2, -0.15) is 0 Å². The number of nitrogen functional groups attached to an aromatic ring is 3. The van der Waals surface area contributed by atoms with Gasteiger partial charge in [0.25, 0.3) is 8.32 Å². The molecule has 0 bridgehead atoms. The SMILES string of the molecule is CC(C)(C)[Si](C)(C)Oc1ccc(CCN)cc1.CC(C)(C)[Si](C)(C)Oc1ccc(N)cc1.CC(C)(C)[Si](C)(C)Oc1ccc(N2CCNCC2)cc1.CC(C)(C)[Si](C)(C)Oc1cccc(N)c1.CC(C)(C)[Si](C)(C)Oc1cccc(N2CCNCC2)c1.CC(C)(C)[Si](C)(C)Oc1ccccc1N1CCNCC1.COC(=O)C(N)Cc1ccc(O[Si](C)(C)C(C)(C)C)cc1.Cc1ccc(N)cc1O[Si](C)(C)C(C)(C)C. The van der Waals surface area contributed by atoms with Crippen molar-refractivity contribution in [1.29, 1.82) is 0 Å². The first-order valence-corrected chi connectivity index (χ1v) is 75.5. The first-order chi connectivity index (χ1) is 65.8. The molecule has 29 heteroatoms. The Balaban J connectivity index is 0.000000344. The van der Waals surface area contributed by atoms with Crippen molar-refractivity contribution in [1.82, 2.24) is 16.0 Å². The molecule has 3 heterocycles. The number of anilines is 6. The van der Waals surface area contributed by atoms with Crippen LogP contribution in [0.3, 0.4) is 0 Å². The van der Waals surface area contributed by atoms with Gasteiger partial charge in [-0.05, 0) is 303 Å². The second-order valence-corrected chi connectivity index (χ2v) is 88.7. The zero-order valence-electron chi connectivity index (χ0n) is 97.9. The van der Waals surface area contributed by atoms with Crippen LogP contribution < -0.4 is 94.7 Å². The van der Waals surface area contributed by atoms with Gasteiger partial charge in [0.15, 0.2) is 0 Å². The molecule has 11 rings (SSSR count). The van der Waals surface area contributed by atoms with Gasteiger partial charge in [0.1, 0.15) is 52.0 Å². The summed E-state index contributed by atoms with van der Waals surface area (Å²) in [4.78, 5) is 18.6. The van der Waals surface area contributed by atoms with Crippen LogP contribution in [0.5, 0.6) is 46.0 Å². The lowest BCUT2D eigenvalue weighted by Gasteiger charge is -2.38. The fourth-order valence-corrected chi connectivity index (χ4v) is 20.8. The molecule has 0 spiro atoms. The number of hydrogen-bond donors (Lipinski definition) is 8. The molecule has 3 aliphatic rings. The fourth-order valence-electron chi connectivity index (χ4n) is 12.5. The van der Waals surface area contributed by atoms with Crippen LogP contribution in [-0.2, 0) is 22.4 Å². The maximum Gasteiger partial charge on any atom is 0.322 e. The summed E-state index contributed by atoms with van der Waals surface area (Å²) in [6, 6.07) is 62.3. The molecule has 0 amide bonds. The number of ether oxygens (including phenoxy) is 1. The van der Waals surface area contributed by atoms with E-state index in [-0.39, 0.29) is 40.3 Å². The van der Waals surface area contributed by atoms with Crippen molar-refractivity contribution >= 4 is 107 Å². The third-order valence-corrected chi connectivity index (χ3v) is 65.4. The van der Waals surface area contributed by atoms with E-state index < -0.39 is 78.6 Å². The summed E-state index contributed by atoms with van der Waals surface area (Å²) < 4.78 is 54.7. The smallest absolute Gasteiger partial charge is 0.322 e. The van der Waals surface area contributed by atoms with Gasteiger partial charge < -0.3 is 99.5 Å². The molecular weight excluding hydrogens is 1920 g/mol. The quantitative estimate of drug-likeness (QED) is 0.0159. The molecule has 3 saturated heterocycles. The number of carbonyl (C=O) groups excluding carboxylic acids is 1. The molecule has 13 N–H and O–H groups in total. The van der Waals surface area contributed by atoms with Gasteiger partial charge in [0.2, 0.25) is 58.2 Å². The van der Waals surface area contributed by atoms with Crippen LogP contribution >= 0.6 is 0 Å². The van der Waals surface area contributed by atoms with Crippen LogP contribution in [0.2, 0.25) is 145 Å². The number of nitrogens with two attached hydrogens (primary N) is 5. The predicted octanol–water partition coefficient (Wildman–Crippen LogP) is 28.4. The van der Waals surface area contributed by atoms with E-state index in [4.69, 9.17) is 64.1 Å². The molecule has 144 heavy (non-hydrogen) atoms. The highest BCUT2D eigenvalue weighted by atomic mass is 28.4. The number of nitrogens with one attached hydrogen (secondary N) is 3. The largest absolute Gasteiger partial charge is 0.544 e.